The number of H-pyrrole nitrogens is 1. The van der Waals surface area contributed by atoms with Gasteiger partial charge in [0, 0.05) is 52.3 Å². The fraction of sp³-hybridized carbons (Fsp3) is 0.229. The largest absolute Gasteiger partial charge is 0.573 e. The summed E-state index contributed by atoms with van der Waals surface area (Å²) in [6.45, 7) is 1.96. The molecular formula is C35H32F4N2O7S. The number of aryl methyl sites for hydroxylation is 1. The fourth-order valence-corrected chi connectivity index (χ4v) is 5.89. The summed E-state index contributed by atoms with van der Waals surface area (Å²) in [5.41, 5.74) is 2.00. The quantitative estimate of drug-likeness (QED) is 0.0693. The van der Waals surface area contributed by atoms with Crippen LogP contribution in [0.2, 0.25) is 0 Å². The lowest BCUT2D eigenvalue weighted by Crippen LogP contribution is -2.23. The average molecular weight is 701 g/mol. The van der Waals surface area contributed by atoms with Crippen LogP contribution >= 0.6 is 0 Å². The molecule has 14 heteroatoms. The van der Waals surface area contributed by atoms with Crippen LogP contribution in [0, 0.1) is 12.7 Å². The number of ether oxygens (including phenoxy) is 4. The standard InChI is InChI=1S/C35H32F4N2O7S/c1-21-13-26(48-35(37,38)39)18-29-30(19-40-32(21)29)34(42)33(41-24-15-25(45-2)17-27(16-24)49(3,43)44)28-10-9-23(36)14-31(28)47-12-11-46-20-22-7-5-4-6-8-22/h4-10,13-19,33,40-41H,11-12,20H2,1-3H3. The van der Waals surface area contributed by atoms with E-state index in [1.807, 2.05) is 30.3 Å². The van der Waals surface area contributed by atoms with Gasteiger partial charge in [0.1, 0.15) is 35.7 Å². The molecular weight excluding hydrogens is 668 g/mol. The van der Waals surface area contributed by atoms with Crippen molar-refractivity contribution in [3.8, 4) is 17.2 Å². The molecule has 49 heavy (non-hydrogen) atoms. The Morgan fingerprint density at radius 2 is 1.71 bits per heavy atom. The maximum atomic E-state index is 14.6. The Morgan fingerprint density at radius 3 is 2.41 bits per heavy atom. The number of benzene rings is 4. The Balaban J connectivity index is 1.55. The number of aromatic nitrogens is 1. The number of fused-ring (bicyclic) bond motifs is 1. The van der Waals surface area contributed by atoms with Crippen LogP contribution in [0.5, 0.6) is 17.2 Å². The highest BCUT2D eigenvalue weighted by atomic mass is 32.2. The minimum atomic E-state index is -4.97. The number of anilines is 1. The summed E-state index contributed by atoms with van der Waals surface area (Å²) in [6.07, 6.45) is -2.62. The molecule has 0 bridgehead atoms. The van der Waals surface area contributed by atoms with Crippen LogP contribution in [0.1, 0.15) is 33.1 Å². The zero-order valence-corrected chi connectivity index (χ0v) is 27.4. The number of hydrogen-bond donors (Lipinski definition) is 2. The number of carbonyl (C=O) groups excluding carboxylic acids is 1. The lowest BCUT2D eigenvalue weighted by molar-refractivity contribution is -0.274. The van der Waals surface area contributed by atoms with Gasteiger partial charge in [-0.05, 0) is 54.4 Å². The third kappa shape index (κ3) is 8.89. The Hall–Kier alpha value is -5.08. The molecule has 1 heterocycles. The van der Waals surface area contributed by atoms with Crippen molar-refractivity contribution in [2.45, 2.75) is 30.8 Å². The lowest BCUT2D eigenvalue weighted by Gasteiger charge is -2.23. The van der Waals surface area contributed by atoms with E-state index in [1.54, 1.807) is 6.92 Å². The van der Waals surface area contributed by atoms with Crippen molar-refractivity contribution >= 4 is 32.2 Å². The number of alkyl halides is 3. The van der Waals surface area contributed by atoms with Gasteiger partial charge in [-0.2, -0.15) is 0 Å². The first-order valence-corrected chi connectivity index (χ1v) is 16.7. The zero-order chi connectivity index (χ0) is 35.3. The van der Waals surface area contributed by atoms with Gasteiger partial charge in [0.05, 0.1) is 25.2 Å². The van der Waals surface area contributed by atoms with Crippen LogP contribution in [0.3, 0.4) is 0 Å². The van der Waals surface area contributed by atoms with E-state index in [1.165, 1.54) is 43.6 Å². The van der Waals surface area contributed by atoms with E-state index in [0.29, 0.717) is 17.7 Å². The monoisotopic (exact) mass is 700 g/mol. The van der Waals surface area contributed by atoms with E-state index in [-0.39, 0.29) is 51.8 Å². The van der Waals surface area contributed by atoms with Crippen molar-refractivity contribution in [1.82, 2.24) is 4.98 Å². The summed E-state index contributed by atoms with van der Waals surface area (Å²) in [5.74, 6) is -1.69. The molecule has 4 aromatic carbocycles. The average Bonchev–Trinajstić information content (AvgIpc) is 3.47. The van der Waals surface area contributed by atoms with Crippen LogP contribution in [0.4, 0.5) is 23.2 Å². The lowest BCUT2D eigenvalue weighted by atomic mass is 9.95. The number of ketones is 1. The Morgan fingerprint density at radius 1 is 0.959 bits per heavy atom. The van der Waals surface area contributed by atoms with Crippen molar-refractivity contribution in [3.05, 3.63) is 113 Å². The molecule has 5 rings (SSSR count). The molecule has 0 spiro atoms. The Labute approximate surface area is 279 Å². The first-order chi connectivity index (χ1) is 23.2. The van der Waals surface area contributed by atoms with Crippen LogP contribution in [-0.2, 0) is 21.2 Å². The predicted molar refractivity (Wildman–Crippen MR) is 175 cm³/mol. The highest BCUT2D eigenvalue weighted by molar-refractivity contribution is 7.90. The molecule has 0 radical (unpaired) electrons. The molecule has 2 N–H and O–H groups in total. The van der Waals surface area contributed by atoms with Gasteiger partial charge in [-0.15, -0.1) is 13.2 Å². The topological polar surface area (TPSA) is 116 Å². The minimum Gasteiger partial charge on any atom is -0.497 e. The molecule has 0 saturated heterocycles. The second kappa shape index (κ2) is 14.6. The van der Waals surface area contributed by atoms with Gasteiger partial charge in [-0.25, -0.2) is 12.8 Å². The molecule has 1 atom stereocenters. The number of Topliss-reactive ketones (excluding diaryl/α,β-unsaturated/α-hetero) is 1. The van der Waals surface area contributed by atoms with Crippen LogP contribution in [-0.4, -0.2) is 52.1 Å². The second-order valence-corrected chi connectivity index (χ2v) is 13.1. The van der Waals surface area contributed by atoms with Gasteiger partial charge >= 0.3 is 6.36 Å². The maximum Gasteiger partial charge on any atom is 0.573 e. The van der Waals surface area contributed by atoms with E-state index in [2.05, 4.69) is 15.0 Å². The normalized spacial score (nSPS) is 12.5. The summed E-state index contributed by atoms with van der Waals surface area (Å²) >= 11 is 0. The summed E-state index contributed by atoms with van der Waals surface area (Å²) in [6, 6.07) is 17.9. The number of methoxy groups -OCH3 is 1. The summed E-state index contributed by atoms with van der Waals surface area (Å²) in [7, 11) is -2.39. The Kier molecular flexibility index (Phi) is 10.5. The van der Waals surface area contributed by atoms with Crippen molar-refractivity contribution in [2.24, 2.45) is 0 Å². The second-order valence-electron chi connectivity index (χ2n) is 11.1. The van der Waals surface area contributed by atoms with Gasteiger partial charge in [-0.3, -0.25) is 4.79 Å². The van der Waals surface area contributed by atoms with Gasteiger partial charge in [0.15, 0.2) is 15.6 Å². The van der Waals surface area contributed by atoms with Gasteiger partial charge in [0.2, 0.25) is 0 Å². The molecule has 0 aliphatic carbocycles. The molecule has 1 unspecified atom stereocenters. The first kappa shape index (κ1) is 35.2. The number of halogens is 4. The van der Waals surface area contributed by atoms with Crippen molar-refractivity contribution in [2.75, 3.05) is 31.9 Å². The van der Waals surface area contributed by atoms with Crippen LogP contribution in [0.25, 0.3) is 10.9 Å². The third-order valence-corrected chi connectivity index (χ3v) is 8.55. The molecule has 0 aliphatic heterocycles. The SMILES string of the molecule is COc1cc(NC(C(=O)c2c[nH]c3c(C)cc(OC(F)(F)F)cc23)c2ccc(F)cc2OCCOCc2ccccc2)cc(S(C)(=O)=O)c1. The fourth-order valence-electron chi connectivity index (χ4n) is 5.22. The molecule has 258 valence electrons. The van der Waals surface area contributed by atoms with Crippen molar-refractivity contribution < 1.29 is 49.7 Å². The summed E-state index contributed by atoms with van der Waals surface area (Å²) in [5, 5.41) is 3.17. The van der Waals surface area contributed by atoms with E-state index in [9.17, 15) is 30.8 Å². The van der Waals surface area contributed by atoms with E-state index >= 15 is 0 Å². The molecule has 0 aliphatic rings. The third-order valence-electron chi connectivity index (χ3n) is 7.46. The Bertz CT molecular complexity index is 2070. The first-order valence-electron chi connectivity index (χ1n) is 14.8. The van der Waals surface area contributed by atoms with Crippen LogP contribution < -0.4 is 19.5 Å². The number of sulfone groups is 1. The summed E-state index contributed by atoms with van der Waals surface area (Å²) < 4.78 is 100.0. The molecule has 5 aromatic rings. The number of rotatable bonds is 14. The van der Waals surface area contributed by atoms with Crippen LogP contribution in [0.15, 0.2) is 90.0 Å². The van der Waals surface area contributed by atoms with Crippen molar-refractivity contribution in [1.29, 1.82) is 0 Å². The molecule has 0 fully saturated rings. The van der Waals surface area contributed by atoms with E-state index < -0.39 is 39.6 Å². The molecule has 0 amide bonds. The number of hydrogen-bond acceptors (Lipinski definition) is 8. The zero-order valence-electron chi connectivity index (χ0n) is 26.6. The maximum absolute atomic E-state index is 14.6. The summed E-state index contributed by atoms with van der Waals surface area (Å²) in [4.78, 5) is 17.3. The van der Waals surface area contributed by atoms with Gasteiger partial charge in [0.25, 0.3) is 0 Å². The van der Waals surface area contributed by atoms with Gasteiger partial charge < -0.3 is 29.2 Å². The van der Waals surface area contributed by atoms with E-state index in [4.69, 9.17) is 14.2 Å². The molecule has 1 aromatic heterocycles. The highest BCUT2D eigenvalue weighted by Gasteiger charge is 2.33. The highest BCUT2D eigenvalue weighted by Crippen LogP contribution is 2.37. The number of nitrogens with one attached hydrogen (secondary N) is 2. The molecule has 0 saturated carbocycles. The van der Waals surface area contributed by atoms with E-state index in [0.717, 1.165) is 30.0 Å². The molecule has 9 nitrogen and oxygen atoms in total. The predicted octanol–water partition coefficient (Wildman–Crippen LogP) is 7.56. The smallest absolute Gasteiger partial charge is 0.497 e. The number of carbonyl (C=O) groups is 1. The minimum absolute atomic E-state index is 0.0162. The number of aromatic amines is 1. The van der Waals surface area contributed by atoms with Crippen molar-refractivity contribution in [3.63, 3.8) is 0 Å². The van der Waals surface area contributed by atoms with Gasteiger partial charge in [-0.1, -0.05) is 30.3 Å².